The molecule has 6 nitrogen and oxygen atoms in total. The maximum atomic E-state index is 10.3. The number of rotatable bonds is 18. The van der Waals surface area contributed by atoms with Gasteiger partial charge in [0.25, 0.3) is 0 Å². The smallest absolute Gasteiger partial charge is 0.115 e. The summed E-state index contributed by atoms with van der Waals surface area (Å²) >= 11 is 0. The van der Waals surface area contributed by atoms with Crippen LogP contribution in [0.15, 0.2) is 134 Å². The van der Waals surface area contributed by atoms with Crippen LogP contribution in [0.5, 0.6) is 0 Å². The molecule has 5 rings (SSSR count). The van der Waals surface area contributed by atoms with Crippen molar-refractivity contribution in [3.8, 4) is 0 Å². The van der Waals surface area contributed by atoms with Crippen LogP contribution < -0.4 is 0 Å². The third-order valence-corrected chi connectivity index (χ3v) is 8.30. The van der Waals surface area contributed by atoms with E-state index in [1.807, 2.05) is 91.0 Å². The van der Waals surface area contributed by atoms with E-state index >= 15 is 0 Å². The van der Waals surface area contributed by atoms with E-state index in [2.05, 4.69) is 43.0 Å². The number of hydrogen-bond donors (Lipinski definition) is 1. The number of benzene rings is 4. The van der Waals surface area contributed by atoms with Crippen LogP contribution in [0.25, 0.3) is 0 Å². The van der Waals surface area contributed by atoms with Crippen molar-refractivity contribution in [2.75, 3.05) is 13.2 Å². The highest BCUT2D eigenvalue weighted by atomic mass is 16.6. The van der Waals surface area contributed by atoms with Gasteiger partial charge in [-0.25, -0.2) is 0 Å². The molecule has 1 fully saturated rings. The maximum Gasteiger partial charge on any atom is 0.115 e. The standard InChI is InChI=1S/C40H46O6/c1-2-15-35(25-41)24-36-38(43-27-32-18-9-4-10-19-32)40(45-29-34-22-13-6-14-23-34)39(44-28-33-20-11-5-12-21-33)37(46-36)30-42-26-31-16-7-3-8-17-31/h2-14,16-23,35-41H,1,15,24-30H2/t35-,36+,37-,38+,39+,40-/m1/s1. The van der Waals surface area contributed by atoms with Gasteiger partial charge in [-0.15, -0.1) is 6.58 Å². The second kappa shape index (κ2) is 18.5. The molecule has 0 spiro atoms. The van der Waals surface area contributed by atoms with Crippen LogP contribution in [0.4, 0.5) is 0 Å². The van der Waals surface area contributed by atoms with Crippen molar-refractivity contribution in [3.05, 3.63) is 156 Å². The molecular formula is C40H46O6. The van der Waals surface area contributed by atoms with Crippen molar-refractivity contribution in [1.29, 1.82) is 0 Å². The predicted molar refractivity (Wildman–Crippen MR) is 180 cm³/mol. The largest absolute Gasteiger partial charge is 0.396 e. The summed E-state index contributed by atoms with van der Waals surface area (Å²) in [6, 6.07) is 40.5. The molecule has 1 saturated heterocycles. The summed E-state index contributed by atoms with van der Waals surface area (Å²) in [5.74, 6) is -0.0345. The van der Waals surface area contributed by atoms with Gasteiger partial charge >= 0.3 is 0 Å². The molecule has 6 heteroatoms. The molecule has 1 aliphatic rings. The quantitative estimate of drug-likeness (QED) is 0.118. The minimum absolute atomic E-state index is 0.0237. The molecule has 242 valence electrons. The fourth-order valence-corrected chi connectivity index (χ4v) is 5.88. The third-order valence-electron chi connectivity index (χ3n) is 8.30. The molecule has 0 radical (unpaired) electrons. The molecule has 0 unspecified atom stereocenters. The number of aliphatic hydroxyl groups excluding tert-OH is 1. The zero-order valence-corrected chi connectivity index (χ0v) is 26.4. The molecule has 46 heavy (non-hydrogen) atoms. The van der Waals surface area contributed by atoms with Crippen LogP contribution in [0, 0.1) is 5.92 Å². The van der Waals surface area contributed by atoms with E-state index in [9.17, 15) is 5.11 Å². The minimum Gasteiger partial charge on any atom is -0.396 e. The Bertz CT molecular complexity index is 1380. The Balaban J connectivity index is 1.45. The van der Waals surface area contributed by atoms with E-state index in [1.54, 1.807) is 0 Å². The second-order valence-electron chi connectivity index (χ2n) is 11.8. The van der Waals surface area contributed by atoms with E-state index in [0.29, 0.717) is 45.9 Å². The first-order chi connectivity index (χ1) is 22.7. The van der Waals surface area contributed by atoms with E-state index in [4.69, 9.17) is 23.7 Å². The highest BCUT2D eigenvalue weighted by molar-refractivity contribution is 5.16. The van der Waals surface area contributed by atoms with Crippen LogP contribution >= 0.6 is 0 Å². The Morgan fingerprint density at radius 2 is 1.00 bits per heavy atom. The monoisotopic (exact) mass is 622 g/mol. The molecule has 0 bridgehead atoms. The van der Waals surface area contributed by atoms with Crippen molar-refractivity contribution in [2.24, 2.45) is 5.92 Å². The Kier molecular flexibility index (Phi) is 13.6. The van der Waals surface area contributed by atoms with Gasteiger partial charge in [-0.2, -0.15) is 0 Å². The third kappa shape index (κ3) is 10.2. The summed E-state index contributed by atoms with van der Waals surface area (Å²) in [5.41, 5.74) is 4.27. The van der Waals surface area contributed by atoms with Crippen molar-refractivity contribution >= 4 is 0 Å². The molecule has 0 saturated carbocycles. The first-order valence-corrected chi connectivity index (χ1v) is 16.2. The number of ether oxygens (including phenoxy) is 5. The fourth-order valence-electron chi connectivity index (χ4n) is 5.88. The van der Waals surface area contributed by atoms with Crippen LogP contribution in [-0.2, 0) is 50.1 Å². The Morgan fingerprint density at radius 1 is 0.587 bits per heavy atom. The summed E-state index contributed by atoms with van der Waals surface area (Å²) in [5, 5.41) is 10.3. The van der Waals surface area contributed by atoms with E-state index < -0.39 is 24.4 Å². The Hall–Kier alpha value is -3.62. The average Bonchev–Trinajstić information content (AvgIpc) is 3.11. The van der Waals surface area contributed by atoms with Crippen LogP contribution in [0.3, 0.4) is 0 Å². The lowest BCUT2D eigenvalue weighted by Crippen LogP contribution is -2.61. The molecule has 6 atom stereocenters. The first-order valence-electron chi connectivity index (χ1n) is 16.2. The molecule has 1 N–H and O–H groups in total. The maximum absolute atomic E-state index is 10.3. The second-order valence-corrected chi connectivity index (χ2v) is 11.8. The Morgan fingerprint density at radius 3 is 1.43 bits per heavy atom. The lowest BCUT2D eigenvalue weighted by Gasteiger charge is -2.47. The molecule has 0 aromatic heterocycles. The molecule has 1 heterocycles. The average molecular weight is 623 g/mol. The van der Waals surface area contributed by atoms with E-state index in [1.165, 1.54) is 0 Å². The molecular weight excluding hydrogens is 576 g/mol. The number of aliphatic hydroxyl groups is 1. The van der Waals surface area contributed by atoms with Crippen LogP contribution in [0.2, 0.25) is 0 Å². The highest BCUT2D eigenvalue weighted by Gasteiger charge is 2.48. The zero-order chi connectivity index (χ0) is 31.8. The van der Waals surface area contributed by atoms with E-state index in [-0.39, 0.29) is 18.6 Å². The van der Waals surface area contributed by atoms with Crippen molar-refractivity contribution in [3.63, 3.8) is 0 Å². The normalized spacial score (nSPS) is 21.9. The van der Waals surface area contributed by atoms with Gasteiger partial charge in [-0.05, 0) is 41.0 Å². The van der Waals surface area contributed by atoms with Gasteiger partial charge in [0.1, 0.15) is 24.4 Å². The zero-order valence-electron chi connectivity index (χ0n) is 26.4. The van der Waals surface area contributed by atoms with Gasteiger partial charge in [0.2, 0.25) is 0 Å². The number of allylic oxidation sites excluding steroid dienone is 1. The SMILES string of the molecule is C=CC[C@@H](CO)C[C@@H]1O[C@H](COCc2ccccc2)[C@H](OCc2ccccc2)[C@H](OCc2ccccc2)[C@H]1OCc1ccccc1. The molecule has 1 aliphatic heterocycles. The summed E-state index contributed by atoms with van der Waals surface area (Å²) in [6.07, 6.45) is 0.867. The van der Waals surface area contributed by atoms with E-state index in [0.717, 1.165) is 22.3 Å². The lowest BCUT2D eigenvalue weighted by molar-refractivity contribution is -0.275. The predicted octanol–water partition coefficient (Wildman–Crippen LogP) is 7.30. The fraction of sp³-hybridized carbons (Fsp3) is 0.350. The summed E-state index contributed by atoms with van der Waals surface area (Å²) < 4.78 is 33.4. The topological polar surface area (TPSA) is 66.4 Å². The highest BCUT2D eigenvalue weighted by Crippen LogP contribution is 2.34. The lowest BCUT2D eigenvalue weighted by atomic mass is 9.88. The summed E-state index contributed by atoms with van der Waals surface area (Å²) in [6.45, 7) is 5.88. The first kappa shape index (κ1) is 33.7. The van der Waals surface area contributed by atoms with Crippen molar-refractivity contribution in [2.45, 2.75) is 69.8 Å². The van der Waals surface area contributed by atoms with Gasteiger partial charge in [-0.3, -0.25) is 0 Å². The van der Waals surface area contributed by atoms with Gasteiger partial charge < -0.3 is 28.8 Å². The van der Waals surface area contributed by atoms with Crippen LogP contribution in [0.1, 0.15) is 35.1 Å². The summed E-state index contributed by atoms with van der Waals surface area (Å²) in [7, 11) is 0. The van der Waals surface area contributed by atoms with Crippen molar-refractivity contribution in [1.82, 2.24) is 0 Å². The molecule has 0 aliphatic carbocycles. The number of hydrogen-bond acceptors (Lipinski definition) is 6. The molecule has 4 aromatic carbocycles. The van der Waals surface area contributed by atoms with Crippen LogP contribution in [-0.4, -0.2) is 48.8 Å². The van der Waals surface area contributed by atoms with Gasteiger partial charge in [0, 0.05) is 6.61 Å². The minimum atomic E-state index is -0.483. The molecule has 0 amide bonds. The molecule has 4 aromatic rings. The van der Waals surface area contributed by atoms with Gasteiger partial charge in [-0.1, -0.05) is 127 Å². The van der Waals surface area contributed by atoms with Crippen molar-refractivity contribution < 1.29 is 28.8 Å². The van der Waals surface area contributed by atoms with Gasteiger partial charge in [0.05, 0.1) is 39.1 Å². The van der Waals surface area contributed by atoms with Gasteiger partial charge in [0.15, 0.2) is 0 Å². The summed E-state index contributed by atoms with van der Waals surface area (Å²) in [4.78, 5) is 0. The Labute approximate surface area is 273 Å².